The molecule has 2 aromatic rings. The summed E-state index contributed by atoms with van der Waals surface area (Å²) in [6.45, 7) is 1.98. The highest BCUT2D eigenvalue weighted by Gasteiger charge is 2.23. The van der Waals surface area contributed by atoms with Gasteiger partial charge in [-0.3, -0.25) is 0 Å². The summed E-state index contributed by atoms with van der Waals surface area (Å²) in [6, 6.07) is 6.22. The number of hydrogen-bond donors (Lipinski definition) is 2. The first-order chi connectivity index (χ1) is 9.34. The van der Waals surface area contributed by atoms with E-state index in [-0.39, 0.29) is 0 Å². The van der Waals surface area contributed by atoms with E-state index in [9.17, 15) is 5.11 Å². The zero-order valence-corrected chi connectivity index (χ0v) is 10.9. The molecule has 0 amide bonds. The third-order valence-corrected chi connectivity index (χ3v) is 3.79. The Morgan fingerprint density at radius 1 is 1.42 bits per heavy atom. The molecule has 0 saturated heterocycles. The number of rotatable bonds is 5. The van der Waals surface area contributed by atoms with Crippen LogP contribution in [-0.2, 0) is 13.0 Å². The summed E-state index contributed by atoms with van der Waals surface area (Å²) in [6.07, 6.45) is 8.79. The van der Waals surface area contributed by atoms with E-state index in [0.29, 0.717) is 11.8 Å². The summed E-state index contributed by atoms with van der Waals surface area (Å²) in [5, 5.41) is 13.4. The molecular formula is C15H19N3O. The predicted molar refractivity (Wildman–Crippen MR) is 74.0 cm³/mol. The van der Waals surface area contributed by atoms with E-state index in [1.165, 1.54) is 5.56 Å². The Hall–Kier alpha value is -1.81. The molecule has 2 N–H and O–H groups in total. The molecular weight excluding hydrogens is 238 g/mol. The van der Waals surface area contributed by atoms with Gasteiger partial charge in [0, 0.05) is 25.0 Å². The third-order valence-electron chi connectivity index (χ3n) is 3.79. The molecule has 19 heavy (non-hydrogen) atoms. The van der Waals surface area contributed by atoms with Crippen molar-refractivity contribution in [3.8, 4) is 5.75 Å². The second kappa shape index (κ2) is 5.45. The molecule has 0 aliphatic heterocycles. The van der Waals surface area contributed by atoms with Crippen LogP contribution in [0, 0.1) is 0 Å². The lowest BCUT2D eigenvalue weighted by Gasteiger charge is -2.14. The number of aromatic hydroxyl groups is 1. The molecule has 0 radical (unpaired) electrons. The number of hydrogen-bond acceptors (Lipinski definition) is 3. The third kappa shape index (κ3) is 2.63. The highest BCUT2D eigenvalue weighted by molar-refractivity contribution is 5.44. The number of phenolic OH excluding ortho intramolecular Hbond substituents is 1. The van der Waals surface area contributed by atoms with Crippen LogP contribution in [0.3, 0.4) is 0 Å². The van der Waals surface area contributed by atoms with Crippen molar-refractivity contribution in [2.24, 2.45) is 0 Å². The second-order valence-electron chi connectivity index (χ2n) is 5.04. The normalized spacial score (nSPS) is 17.6. The smallest absolute Gasteiger partial charge is 0.119 e. The Labute approximate surface area is 113 Å². The van der Waals surface area contributed by atoms with Crippen LogP contribution >= 0.6 is 0 Å². The van der Waals surface area contributed by atoms with Crippen LogP contribution in [-0.4, -0.2) is 21.2 Å². The van der Waals surface area contributed by atoms with Gasteiger partial charge in [0.15, 0.2) is 0 Å². The molecule has 1 aliphatic rings. The van der Waals surface area contributed by atoms with Gasteiger partial charge in [-0.1, -0.05) is 12.1 Å². The minimum absolute atomic E-state index is 0.393. The van der Waals surface area contributed by atoms with Crippen molar-refractivity contribution in [2.45, 2.75) is 31.8 Å². The van der Waals surface area contributed by atoms with Gasteiger partial charge in [-0.25, -0.2) is 4.98 Å². The van der Waals surface area contributed by atoms with E-state index in [4.69, 9.17) is 0 Å². The van der Waals surface area contributed by atoms with Crippen LogP contribution in [0.4, 0.5) is 0 Å². The quantitative estimate of drug-likeness (QED) is 0.808. The molecule has 4 heteroatoms. The first-order valence-electron chi connectivity index (χ1n) is 6.84. The highest BCUT2D eigenvalue weighted by Crippen LogP contribution is 2.36. The summed E-state index contributed by atoms with van der Waals surface area (Å²) in [4.78, 5) is 4.03. The monoisotopic (exact) mass is 257 g/mol. The first-order valence-corrected chi connectivity index (χ1v) is 6.84. The average molecular weight is 257 g/mol. The Bertz CT molecular complexity index is 536. The highest BCUT2D eigenvalue weighted by atomic mass is 16.3. The predicted octanol–water partition coefficient (Wildman–Crippen LogP) is 2.26. The Morgan fingerprint density at radius 2 is 2.37 bits per heavy atom. The van der Waals surface area contributed by atoms with Gasteiger partial charge in [0.25, 0.3) is 0 Å². The lowest BCUT2D eigenvalue weighted by atomic mass is 10.1. The van der Waals surface area contributed by atoms with Crippen LogP contribution < -0.4 is 5.32 Å². The van der Waals surface area contributed by atoms with Crippen molar-refractivity contribution in [1.82, 2.24) is 14.9 Å². The standard InChI is InChI=1S/C15H19N3O/c19-15-4-1-3-12-13(15)5-6-14(12)17-7-2-9-18-10-8-16-11-18/h1,3-4,8,10-11,14,17,19H,2,5-7,9H2. The van der Waals surface area contributed by atoms with Crippen molar-refractivity contribution in [3.05, 3.63) is 48.0 Å². The molecule has 0 saturated carbocycles. The van der Waals surface area contributed by atoms with E-state index < -0.39 is 0 Å². The molecule has 3 rings (SSSR count). The maximum absolute atomic E-state index is 9.81. The molecule has 1 aromatic heterocycles. The molecule has 1 unspecified atom stereocenters. The topological polar surface area (TPSA) is 50.1 Å². The van der Waals surface area contributed by atoms with Gasteiger partial charge in [0.05, 0.1) is 6.33 Å². The first kappa shape index (κ1) is 12.2. The summed E-state index contributed by atoms with van der Waals surface area (Å²) in [7, 11) is 0. The van der Waals surface area contributed by atoms with Gasteiger partial charge in [-0.15, -0.1) is 0 Å². The van der Waals surface area contributed by atoms with Gasteiger partial charge in [-0.2, -0.15) is 0 Å². The largest absolute Gasteiger partial charge is 0.508 e. The Balaban J connectivity index is 1.51. The zero-order chi connectivity index (χ0) is 13.1. The summed E-state index contributed by atoms with van der Waals surface area (Å²) >= 11 is 0. The van der Waals surface area contributed by atoms with E-state index in [1.807, 2.05) is 24.8 Å². The SMILES string of the molecule is Oc1cccc2c1CCC2NCCCn1ccnc1. The summed E-state index contributed by atoms with van der Waals surface area (Å²) in [5.74, 6) is 0.445. The number of aromatic nitrogens is 2. The minimum Gasteiger partial charge on any atom is -0.508 e. The maximum Gasteiger partial charge on any atom is 0.119 e. The fraction of sp³-hybridized carbons (Fsp3) is 0.400. The van der Waals surface area contributed by atoms with Gasteiger partial charge < -0.3 is 15.0 Å². The van der Waals surface area contributed by atoms with E-state index >= 15 is 0 Å². The number of imidazole rings is 1. The zero-order valence-electron chi connectivity index (χ0n) is 10.9. The molecule has 0 bridgehead atoms. The second-order valence-corrected chi connectivity index (χ2v) is 5.04. The number of fused-ring (bicyclic) bond motifs is 1. The van der Waals surface area contributed by atoms with E-state index in [1.54, 1.807) is 6.07 Å². The van der Waals surface area contributed by atoms with Crippen molar-refractivity contribution in [3.63, 3.8) is 0 Å². The van der Waals surface area contributed by atoms with Crippen LogP contribution in [0.5, 0.6) is 5.75 Å². The van der Waals surface area contributed by atoms with Gasteiger partial charge in [0.1, 0.15) is 5.75 Å². The summed E-state index contributed by atoms with van der Waals surface area (Å²) in [5.41, 5.74) is 2.39. The lowest BCUT2D eigenvalue weighted by Crippen LogP contribution is -2.21. The van der Waals surface area contributed by atoms with Crippen molar-refractivity contribution < 1.29 is 5.11 Å². The number of benzene rings is 1. The maximum atomic E-state index is 9.81. The van der Waals surface area contributed by atoms with Gasteiger partial charge >= 0.3 is 0 Å². The van der Waals surface area contributed by atoms with E-state index in [2.05, 4.69) is 20.9 Å². The molecule has 100 valence electrons. The van der Waals surface area contributed by atoms with E-state index in [0.717, 1.165) is 37.9 Å². The Morgan fingerprint density at radius 3 is 3.21 bits per heavy atom. The molecule has 1 aromatic carbocycles. The number of aryl methyl sites for hydroxylation is 1. The lowest BCUT2D eigenvalue weighted by molar-refractivity contribution is 0.469. The fourth-order valence-electron chi connectivity index (χ4n) is 2.80. The van der Waals surface area contributed by atoms with Crippen LogP contribution in [0.25, 0.3) is 0 Å². The van der Waals surface area contributed by atoms with Crippen molar-refractivity contribution in [2.75, 3.05) is 6.54 Å². The van der Waals surface area contributed by atoms with Crippen molar-refractivity contribution in [1.29, 1.82) is 0 Å². The minimum atomic E-state index is 0.393. The fourth-order valence-corrected chi connectivity index (χ4v) is 2.80. The van der Waals surface area contributed by atoms with Crippen LogP contribution in [0.1, 0.15) is 30.0 Å². The van der Waals surface area contributed by atoms with Crippen molar-refractivity contribution >= 4 is 0 Å². The molecule has 4 nitrogen and oxygen atoms in total. The molecule has 1 aliphatic carbocycles. The van der Waals surface area contributed by atoms with Crippen LogP contribution in [0.2, 0.25) is 0 Å². The van der Waals surface area contributed by atoms with Gasteiger partial charge in [0.2, 0.25) is 0 Å². The molecule has 1 heterocycles. The summed E-state index contributed by atoms with van der Waals surface area (Å²) < 4.78 is 2.09. The molecule has 0 spiro atoms. The van der Waals surface area contributed by atoms with Crippen LogP contribution in [0.15, 0.2) is 36.9 Å². The number of nitrogens with one attached hydrogen (secondary N) is 1. The molecule has 1 atom stereocenters. The average Bonchev–Trinajstić information content (AvgIpc) is 3.05. The Kier molecular flexibility index (Phi) is 3.51. The van der Waals surface area contributed by atoms with Gasteiger partial charge in [-0.05, 0) is 43.0 Å². The number of phenols is 1. The molecule has 0 fully saturated rings. The number of nitrogens with zero attached hydrogens (tertiary/aromatic N) is 2.